The molecule has 34 heavy (non-hydrogen) atoms. The van der Waals surface area contributed by atoms with Crippen molar-refractivity contribution in [1.29, 1.82) is 0 Å². The molecule has 7 heteroatoms. The van der Waals surface area contributed by atoms with Crippen LogP contribution in [0.1, 0.15) is 51.1 Å². The van der Waals surface area contributed by atoms with Crippen LogP contribution in [0.3, 0.4) is 0 Å². The lowest BCUT2D eigenvalue weighted by Gasteiger charge is -2.36. The Morgan fingerprint density at radius 3 is 2.24 bits per heavy atom. The Bertz CT molecular complexity index is 999. The smallest absolute Gasteiger partial charge is 0.253 e. The van der Waals surface area contributed by atoms with Crippen LogP contribution in [0.15, 0.2) is 48.5 Å². The molecule has 0 bridgehead atoms. The maximum atomic E-state index is 13.1. The fourth-order valence-corrected chi connectivity index (χ4v) is 4.34. The normalized spacial score (nSPS) is 15.0. The maximum Gasteiger partial charge on any atom is 0.253 e. The number of methoxy groups -OCH3 is 1. The van der Waals surface area contributed by atoms with Crippen LogP contribution in [0.25, 0.3) is 0 Å². The fraction of sp³-hybridized carbons (Fsp3) is 0.444. The van der Waals surface area contributed by atoms with Gasteiger partial charge in [0.25, 0.3) is 11.8 Å². The van der Waals surface area contributed by atoms with Gasteiger partial charge in [0.2, 0.25) is 5.91 Å². The van der Waals surface area contributed by atoms with Crippen molar-refractivity contribution in [1.82, 2.24) is 15.5 Å². The maximum absolute atomic E-state index is 13.1. The molecule has 1 aliphatic heterocycles. The van der Waals surface area contributed by atoms with Crippen LogP contribution in [0.2, 0.25) is 0 Å². The number of piperidine rings is 1. The summed E-state index contributed by atoms with van der Waals surface area (Å²) in [4.78, 5) is 40.8. The molecule has 182 valence electrons. The van der Waals surface area contributed by atoms with Gasteiger partial charge in [-0.05, 0) is 63.3 Å². The van der Waals surface area contributed by atoms with E-state index in [1.807, 2.05) is 61.2 Å². The molecule has 1 fully saturated rings. The number of nitrogens with zero attached hydrogens (tertiary/aromatic N) is 1. The van der Waals surface area contributed by atoms with Crippen LogP contribution in [0.4, 0.5) is 0 Å². The minimum Gasteiger partial charge on any atom is -0.385 e. The lowest BCUT2D eigenvalue weighted by Crippen LogP contribution is -2.54. The second-order valence-corrected chi connectivity index (χ2v) is 8.96. The molecule has 0 radical (unpaired) electrons. The minimum absolute atomic E-state index is 0.00603. The van der Waals surface area contributed by atoms with Gasteiger partial charge < -0.3 is 20.3 Å². The van der Waals surface area contributed by atoms with Crippen LogP contribution in [-0.4, -0.2) is 62.0 Å². The molecule has 0 spiro atoms. The Balaban J connectivity index is 1.67. The first-order chi connectivity index (χ1) is 16.4. The van der Waals surface area contributed by atoms with Gasteiger partial charge in [-0.2, -0.15) is 0 Å². The molecule has 1 atom stereocenters. The van der Waals surface area contributed by atoms with E-state index in [0.29, 0.717) is 56.6 Å². The van der Waals surface area contributed by atoms with E-state index >= 15 is 0 Å². The molecule has 7 nitrogen and oxygen atoms in total. The van der Waals surface area contributed by atoms with Crippen molar-refractivity contribution in [2.24, 2.45) is 5.92 Å². The highest BCUT2D eigenvalue weighted by Crippen LogP contribution is 2.23. The summed E-state index contributed by atoms with van der Waals surface area (Å²) in [5.74, 6) is -0.510. The van der Waals surface area contributed by atoms with E-state index in [4.69, 9.17) is 4.74 Å². The highest BCUT2D eigenvalue weighted by Gasteiger charge is 2.34. The van der Waals surface area contributed by atoms with Crippen molar-refractivity contribution in [2.75, 3.05) is 33.4 Å². The first kappa shape index (κ1) is 25.4. The third kappa shape index (κ3) is 6.90. The standard InChI is InChI=1S/C27H35N3O4/c1-19-7-4-9-22(17-19)25(31)29-24(26(32)28-13-6-16-34-3)21-11-14-30(15-12-21)27(33)23-10-5-8-20(2)18-23/h4-5,7-10,17-18,21,24H,6,11-16H2,1-3H3,(H,28,32)(H,29,31)/t24-/m0/s1. The first-order valence-electron chi connectivity index (χ1n) is 11.9. The van der Waals surface area contributed by atoms with Gasteiger partial charge in [-0.3, -0.25) is 14.4 Å². The van der Waals surface area contributed by atoms with Gasteiger partial charge in [0.15, 0.2) is 0 Å². The highest BCUT2D eigenvalue weighted by atomic mass is 16.5. The lowest BCUT2D eigenvalue weighted by molar-refractivity contribution is -0.124. The molecule has 1 saturated heterocycles. The van der Waals surface area contributed by atoms with Crippen molar-refractivity contribution >= 4 is 17.7 Å². The number of ether oxygens (including phenoxy) is 1. The van der Waals surface area contributed by atoms with Crippen molar-refractivity contribution in [3.8, 4) is 0 Å². The van der Waals surface area contributed by atoms with Gasteiger partial charge in [0, 0.05) is 44.5 Å². The second-order valence-electron chi connectivity index (χ2n) is 8.96. The average molecular weight is 466 g/mol. The molecule has 1 heterocycles. The molecule has 1 aliphatic rings. The molecule has 3 rings (SSSR count). The number of benzene rings is 2. The van der Waals surface area contributed by atoms with Crippen molar-refractivity contribution in [2.45, 2.75) is 39.2 Å². The van der Waals surface area contributed by atoms with Gasteiger partial charge in [-0.15, -0.1) is 0 Å². The molecule has 2 aromatic rings. The molecule has 0 unspecified atom stereocenters. The summed E-state index contributed by atoms with van der Waals surface area (Å²) in [5.41, 5.74) is 3.24. The summed E-state index contributed by atoms with van der Waals surface area (Å²) in [5, 5.41) is 5.90. The Morgan fingerprint density at radius 1 is 1.00 bits per heavy atom. The quantitative estimate of drug-likeness (QED) is 0.557. The SMILES string of the molecule is COCCCNC(=O)[C@@H](NC(=O)c1cccc(C)c1)C1CCN(C(=O)c2cccc(C)c2)CC1. The number of nitrogens with one attached hydrogen (secondary N) is 2. The van der Waals surface area contributed by atoms with E-state index in [0.717, 1.165) is 11.1 Å². The average Bonchev–Trinajstić information content (AvgIpc) is 2.84. The topological polar surface area (TPSA) is 87.7 Å². The summed E-state index contributed by atoms with van der Waals surface area (Å²) in [7, 11) is 1.62. The molecule has 0 aliphatic carbocycles. The Morgan fingerprint density at radius 2 is 1.62 bits per heavy atom. The molecular weight excluding hydrogens is 430 g/mol. The van der Waals surface area contributed by atoms with Crippen LogP contribution in [0, 0.1) is 19.8 Å². The van der Waals surface area contributed by atoms with E-state index in [-0.39, 0.29) is 23.6 Å². The van der Waals surface area contributed by atoms with E-state index in [1.165, 1.54) is 0 Å². The zero-order chi connectivity index (χ0) is 24.5. The van der Waals surface area contributed by atoms with Gasteiger partial charge in [0.05, 0.1) is 0 Å². The summed E-state index contributed by atoms with van der Waals surface area (Å²) >= 11 is 0. The van der Waals surface area contributed by atoms with Crippen molar-refractivity contribution in [3.05, 3.63) is 70.8 Å². The Labute approximate surface area is 201 Å². The van der Waals surface area contributed by atoms with Crippen molar-refractivity contribution in [3.63, 3.8) is 0 Å². The summed E-state index contributed by atoms with van der Waals surface area (Å²) in [6.07, 6.45) is 1.98. The molecule has 0 aromatic heterocycles. The molecule has 2 N–H and O–H groups in total. The van der Waals surface area contributed by atoms with Crippen LogP contribution in [0.5, 0.6) is 0 Å². The molecule has 0 saturated carbocycles. The number of hydrogen-bond donors (Lipinski definition) is 2. The molecule has 3 amide bonds. The Kier molecular flexibility index (Phi) is 9.22. The third-order valence-electron chi connectivity index (χ3n) is 6.24. The predicted molar refractivity (Wildman–Crippen MR) is 132 cm³/mol. The number of aryl methyl sites for hydroxylation is 2. The molecule has 2 aromatic carbocycles. The van der Waals surface area contributed by atoms with Crippen molar-refractivity contribution < 1.29 is 19.1 Å². The third-order valence-corrected chi connectivity index (χ3v) is 6.24. The zero-order valence-electron chi connectivity index (χ0n) is 20.3. The number of carbonyl (C=O) groups excluding carboxylic acids is 3. The predicted octanol–water partition coefficient (Wildman–Crippen LogP) is 3.11. The minimum atomic E-state index is -0.660. The lowest BCUT2D eigenvalue weighted by atomic mass is 9.88. The van der Waals surface area contributed by atoms with E-state index in [1.54, 1.807) is 13.2 Å². The second kappa shape index (κ2) is 12.3. The number of hydrogen-bond acceptors (Lipinski definition) is 4. The zero-order valence-corrected chi connectivity index (χ0v) is 20.3. The fourth-order valence-electron chi connectivity index (χ4n) is 4.34. The van der Waals surface area contributed by atoms with E-state index in [2.05, 4.69) is 10.6 Å². The Hall–Kier alpha value is -3.19. The van der Waals surface area contributed by atoms with Gasteiger partial charge in [-0.25, -0.2) is 0 Å². The van der Waals surface area contributed by atoms with Gasteiger partial charge in [0.1, 0.15) is 6.04 Å². The largest absolute Gasteiger partial charge is 0.385 e. The van der Waals surface area contributed by atoms with Gasteiger partial charge in [-0.1, -0.05) is 35.4 Å². The summed E-state index contributed by atoms with van der Waals surface area (Å²) < 4.78 is 5.05. The van der Waals surface area contributed by atoms with E-state index in [9.17, 15) is 14.4 Å². The monoisotopic (exact) mass is 465 g/mol. The number of carbonyl (C=O) groups is 3. The van der Waals surface area contributed by atoms with Crippen LogP contribution in [-0.2, 0) is 9.53 Å². The summed E-state index contributed by atoms with van der Waals surface area (Å²) in [6.45, 7) is 6.03. The number of rotatable bonds is 9. The van der Waals surface area contributed by atoms with Gasteiger partial charge >= 0.3 is 0 Å². The van der Waals surface area contributed by atoms with Crippen LogP contribution < -0.4 is 10.6 Å². The van der Waals surface area contributed by atoms with Crippen LogP contribution >= 0.6 is 0 Å². The molecular formula is C27H35N3O4. The number of amides is 3. The van der Waals surface area contributed by atoms with E-state index < -0.39 is 6.04 Å². The number of likely N-dealkylation sites (tertiary alicyclic amines) is 1. The highest BCUT2D eigenvalue weighted by molar-refractivity contribution is 5.98. The first-order valence-corrected chi connectivity index (χ1v) is 11.9. The summed E-state index contributed by atoms with van der Waals surface area (Å²) in [6, 6.07) is 14.2.